The van der Waals surface area contributed by atoms with Crippen molar-refractivity contribution in [2.24, 2.45) is 10.3 Å². The van der Waals surface area contributed by atoms with Gasteiger partial charge in [0.25, 0.3) is 0 Å². The van der Waals surface area contributed by atoms with Gasteiger partial charge in [0, 0.05) is 21.2 Å². The fourth-order valence-corrected chi connectivity index (χ4v) is 4.17. The van der Waals surface area contributed by atoms with Crippen molar-refractivity contribution in [3.63, 3.8) is 0 Å². The zero-order valence-electron chi connectivity index (χ0n) is 9.08. The van der Waals surface area contributed by atoms with Crippen molar-refractivity contribution >= 4 is 9.73 Å². The first-order valence-electron chi connectivity index (χ1n) is 5.93. The molecule has 3 heteroatoms. The zero-order valence-corrected chi connectivity index (χ0v) is 9.89. The van der Waals surface area contributed by atoms with Gasteiger partial charge in [-0.15, -0.1) is 0 Å². The van der Waals surface area contributed by atoms with Gasteiger partial charge < -0.3 is 0 Å². The molecule has 1 saturated carbocycles. The quantitative estimate of drug-likeness (QED) is 0.696. The maximum atomic E-state index is 11.9. The molecule has 0 unspecified atom stereocenters. The summed E-state index contributed by atoms with van der Waals surface area (Å²) in [5, 5.41) is 0. The minimum Gasteiger partial charge on any atom is -0.250 e. The van der Waals surface area contributed by atoms with Crippen LogP contribution in [0.1, 0.15) is 45.4 Å². The van der Waals surface area contributed by atoms with Gasteiger partial charge >= 0.3 is 0 Å². The molecular weight excluding hydrogens is 194 g/mol. The smallest absolute Gasteiger partial charge is 0.0594 e. The third kappa shape index (κ3) is 2.30. The SMILES string of the molecule is CCC1CCC(N=S2(=O)CCC2)CC1. The van der Waals surface area contributed by atoms with Gasteiger partial charge in [0.1, 0.15) is 0 Å². The summed E-state index contributed by atoms with van der Waals surface area (Å²) in [5.74, 6) is 2.67. The van der Waals surface area contributed by atoms with Crippen LogP contribution >= 0.6 is 0 Å². The highest BCUT2D eigenvalue weighted by Gasteiger charge is 2.24. The lowest BCUT2D eigenvalue weighted by Gasteiger charge is -2.28. The molecular formula is C11H21NOS. The van der Waals surface area contributed by atoms with Crippen molar-refractivity contribution in [1.82, 2.24) is 0 Å². The second kappa shape index (κ2) is 4.21. The van der Waals surface area contributed by atoms with Crippen LogP contribution in [-0.4, -0.2) is 21.8 Å². The summed E-state index contributed by atoms with van der Waals surface area (Å²) in [6.45, 7) is 2.27. The summed E-state index contributed by atoms with van der Waals surface area (Å²) in [4.78, 5) is 0. The van der Waals surface area contributed by atoms with Crippen molar-refractivity contribution in [2.75, 3.05) is 11.5 Å². The molecule has 1 aliphatic carbocycles. The molecule has 2 nitrogen and oxygen atoms in total. The minimum absolute atomic E-state index is 0.436. The van der Waals surface area contributed by atoms with Crippen LogP contribution in [0.5, 0.6) is 0 Å². The van der Waals surface area contributed by atoms with E-state index in [1.165, 1.54) is 32.1 Å². The lowest BCUT2D eigenvalue weighted by atomic mass is 9.85. The van der Waals surface area contributed by atoms with E-state index >= 15 is 0 Å². The highest BCUT2D eigenvalue weighted by molar-refractivity contribution is 7.94. The van der Waals surface area contributed by atoms with E-state index in [0.717, 1.165) is 23.8 Å². The van der Waals surface area contributed by atoms with Crippen LogP contribution in [0.2, 0.25) is 0 Å². The van der Waals surface area contributed by atoms with Gasteiger partial charge in [0.15, 0.2) is 0 Å². The third-order valence-electron chi connectivity index (χ3n) is 3.66. The molecule has 1 saturated heterocycles. The van der Waals surface area contributed by atoms with Crippen molar-refractivity contribution in [2.45, 2.75) is 51.5 Å². The molecule has 0 bridgehead atoms. The van der Waals surface area contributed by atoms with Crippen molar-refractivity contribution < 1.29 is 4.21 Å². The van der Waals surface area contributed by atoms with E-state index < -0.39 is 9.73 Å². The van der Waals surface area contributed by atoms with Gasteiger partial charge in [-0.2, -0.15) is 0 Å². The molecule has 0 N–H and O–H groups in total. The first kappa shape index (κ1) is 10.5. The van der Waals surface area contributed by atoms with Crippen molar-refractivity contribution in [3.8, 4) is 0 Å². The van der Waals surface area contributed by atoms with E-state index in [1.54, 1.807) is 0 Å². The number of hydrogen-bond donors (Lipinski definition) is 0. The Hall–Kier alpha value is -0.0500. The van der Waals surface area contributed by atoms with E-state index in [0.29, 0.717) is 6.04 Å². The van der Waals surface area contributed by atoms with Crippen LogP contribution in [0, 0.1) is 5.92 Å². The summed E-state index contributed by atoms with van der Waals surface area (Å²) in [6.07, 6.45) is 7.43. The van der Waals surface area contributed by atoms with Gasteiger partial charge in [-0.1, -0.05) is 13.3 Å². The van der Waals surface area contributed by atoms with Crippen LogP contribution in [-0.2, 0) is 9.73 Å². The number of hydrogen-bond acceptors (Lipinski definition) is 2. The van der Waals surface area contributed by atoms with Gasteiger partial charge in [-0.3, -0.25) is 0 Å². The monoisotopic (exact) mass is 215 g/mol. The van der Waals surface area contributed by atoms with Crippen LogP contribution in [0.4, 0.5) is 0 Å². The summed E-state index contributed by atoms with van der Waals surface area (Å²) in [5.41, 5.74) is 0. The van der Waals surface area contributed by atoms with Crippen LogP contribution in [0.15, 0.2) is 4.36 Å². The maximum Gasteiger partial charge on any atom is 0.0594 e. The summed E-state index contributed by atoms with van der Waals surface area (Å²) in [7, 11) is -1.69. The fourth-order valence-electron chi connectivity index (χ4n) is 2.43. The predicted octanol–water partition coefficient (Wildman–Crippen LogP) is 2.83. The normalized spacial score (nSPS) is 36.1. The Morgan fingerprint density at radius 3 is 2.29 bits per heavy atom. The van der Waals surface area contributed by atoms with Crippen LogP contribution in [0.3, 0.4) is 0 Å². The predicted molar refractivity (Wildman–Crippen MR) is 61.0 cm³/mol. The Balaban J connectivity index is 1.90. The molecule has 0 aromatic rings. The minimum atomic E-state index is -1.69. The molecule has 82 valence electrons. The lowest BCUT2D eigenvalue weighted by molar-refractivity contribution is 0.321. The second-order valence-corrected chi connectivity index (χ2v) is 7.30. The Labute approximate surface area is 87.7 Å². The van der Waals surface area contributed by atoms with Gasteiger partial charge in [-0.25, -0.2) is 8.57 Å². The molecule has 0 aromatic carbocycles. The van der Waals surface area contributed by atoms with Crippen LogP contribution in [0.25, 0.3) is 0 Å². The number of nitrogens with zero attached hydrogens (tertiary/aromatic N) is 1. The molecule has 1 heterocycles. The van der Waals surface area contributed by atoms with Gasteiger partial charge in [-0.05, 0) is 38.0 Å². The summed E-state index contributed by atoms with van der Waals surface area (Å²) in [6, 6.07) is 0.436. The first-order valence-corrected chi connectivity index (χ1v) is 7.79. The third-order valence-corrected chi connectivity index (χ3v) is 6.20. The first-order chi connectivity index (χ1) is 6.72. The largest absolute Gasteiger partial charge is 0.250 e. The molecule has 0 spiro atoms. The average molecular weight is 215 g/mol. The Bertz CT molecular complexity index is 286. The van der Waals surface area contributed by atoms with Gasteiger partial charge in [0.05, 0.1) is 6.04 Å². The molecule has 0 amide bonds. The Kier molecular flexibility index (Phi) is 3.15. The molecule has 1 aliphatic heterocycles. The van der Waals surface area contributed by atoms with E-state index in [4.69, 9.17) is 0 Å². The summed E-state index contributed by atoms with van der Waals surface area (Å²) >= 11 is 0. The van der Waals surface area contributed by atoms with Crippen LogP contribution < -0.4 is 0 Å². The van der Waals surface area contributed by atoms with E-state index in [2.05, 4.69) is 11.3 Å². The molecule has 0 radical (unpaired) electrons. The second-order valence-electron chi connectivity index (χ2n) is 4.72. The van der Waals surface area contributed by atoms with E-state index in [1.807, 2.05) is 0 Å². The van der Waals surface area contributed by atoms with Gasteiger partial charge in [0.2, 0.25) is 0 Å². The highest BCUT2D eigenvalue weighted by atomic mass is 32.2. The Morgan fingerprint density at radius 1 is 1.21 bits per heavy atom. The molecule has 2 fully saturated rings. The molecule has 2 aliphatic rings. The number of rotatable bonds is 2. The lowest BCUT2D eigenvalue weighted by Crippen LogP contribution is -2.27. The fraction of sp³-hybridized carbons (Fsp3) is 1.00. The van der Waals surface area contributed by atoms with Crippen molar-refractivity contribution in [1.29, 1.82) is 0 Å². The topological polar surface area (TPSA) is 29.4 Å². The zero-order chi connectivity index (χ0) is 10.0. The molecule has 14 heavy (non-hydrogen) atoms. The molecule has 0 aromatic heterocycles. The van der Waals surface area contributed by atoms with E-state index in [-0.39, 0.29) is 0 Å². The van der Waals surface area contributed by atoms with E-state index in [9.17, 15) is 4.21 Å². The molecule has 2 rings (SSSR count). The maximum absolute atomic E-state index is 11.9. The standard InChI is InChI=1S/C11H21NOS/c1-2-10-4-6-11(7-5-10)12-14(13)8-3-9-14/h10-11H,2-9H2,1H3. The highest BCUT2D eigenvalue weighted by Crippen LogP contribution is 2.29. The average Bonchev–Trinajstić information content (AvgIpc) is 2.17. The van der Waals surface area contributed by atoms with Crippen molar-refractivity contribution in [3.05, 3.63) is 0 Å². The Morgan fingerprint density at radius 2 is 1.86 bits per heavy atom. The summed E-state index contributed by atoms with van der Waals surface area (Å²) < 4.78 is 16.5. The molecule has 0 atom stereocenters.